The lowest BCUT2D eigenvalue weighted by Gasteiger charge is -2.47. The molecule has 2 fully saturated rings. The molecule has 2 saturated heterocycles. The van der Waals surface area contributed by atoms with Gasteiger partial charge in [-0.3, -0.25) is 0 Å². The van der Waals surface area contributed by atoms with Crippen LogP contribution in [0.15, 0.2) is 24.7 Å². The Bertz CT molecular complexity index is 1380. The van der Waals surface area contributed by atoms with Gasteiger partial charge in [0, 0.05) is 42.1 Å². The molecule has 0 aliphatic carbocycles. The molecule has 9 heteroatoms. The first-order valence-corrected chi connectivity index (χ1v) is 13.0. The van der Waals surface area contributed by atoms with Crippen LogP contribution < -0.4 is 10.2 Å². The second kappa shape index (κ2) is 7.68. The minimum atomic E-state index is -0.380. The van der Waals surface area contributed by atoms with Crippen molar-refractivity contribution in [2.24, 2.45) is 0 Å². The van der Waals surface area contributed by atoms with Crippen molar-refractivity contribution in [2.45, 2.75) is 76.4 Å². The Hall–Kier alpha value is -2.65. The summed E-state index contributed by atoms with van der Waals surface area (Å²) >= 11 is 1.59. The highest BCUT2D eigenvalue weighted by Gasteiger charge is 2.52. The molecule has 6 heterocycles. The monoisotopic (exact) mass is 479 g/mol. The molecule has 6 rings (SSSR count). The molecule has 0 unspecified atom stereocenters. The molecule has 4 aromatic heterocycles. The molecule has 1 N–H and O–H groups in total. The molecular formula is C25H30FN7S. The fourth-order valence-electron chi connectivity index (χ4n) is 6.01. The minimum absolute atomic E-state index is 0.241. The number of rotatable bonds is 5. The van der Waals surface area contributed by atoms with Crippen LogP contribution in [0, 0.1) is 12.7 Å². The minimum Gasteiger partial charge on any atom is -0.348 e. The lowest BCUT2D eigenvalue weighted by atomic mass is 9.80. The quantitative estimate of drug-likeness (QED) is 0.428. The largest absolute Gasteiger partial charge is 0.348 e. The molecule has 34 heavy (non-hydrogen) atoms. The Morgan fingerprint density at radius 3 is 2.59 bits per heavy atom. The van der Waals surface area contributed by atoms with E-state index < -0.39 is 0 Å². The molecule has 0 saturated carbocycles. The number of anilines is 1. The Balaban J connectivity index is 1.32. The van der Waals surface area contributed by atoms with E-state index in [2.05, 4.69) is 41.1 Å². The van der Waals surface area contributed by atoms with E-state index in [0.717, 1.165) is 46.9 Å². The first kappa shape index (κ1) is 21.9. The van der Waals surface area contributed by atoms with Gasteiger partial charge in [-0.05, 0) is 51.5 Å². The average molecular weight is 480 g/mol. The van der Waals surface area contributed by atoms with E-state index in [4.69, 9.17) is 9.97 Å². The van der Waals surface area contributed by atoms with Gasteiger partial charge in [-0.25, -0.2) is 24.3 Å². The Kier molecular flexibility index (Phi) is 4.94. The normalized spacial score (nSPS) is 26.6. The predicted molar refractivity (Wildman–Crippen MR) is 134 cm³/mol. The van der Waals surface area contributed by atoms with Crippen molar-refractivity contribution < 1.29 is 4.39 Å². The average Bonchev–Trinajstić information content (AvgIpc) is 3.51. The van der Waals surface area contributed by atoms with Crippen LogP contribution in [0.1, 0.15) is 58.1 Å². The molecule has 2 aliphatic rings. The van der Waals surface area contributed by atoms with Crippen LogP contribution in [-0.2, 0) is 0 Å². The van der Waals surface area contributed by atoms with E-state index in [0.29, 0.717) is 23.1 Å². The fourth-order valence-corrected chi connectivity index (χ4v) is 6.96. The number of aryl methyl sites for hydroxylation is 1. The van der Waals surface area contributed by atoms with Crippen molar-refractivity contribution in [3.05, 3.63) is 36.2 Å². The summed E-state index contributed by atoms with van der Waals surface area (Å²) in [5.74, 6) is 0.113. The van der Waals surface area contributed by atoms with Crippen LogP contribution in [0.25, 0.3) is 27.4 Å². The van der Waals surface area contributed by atoms with Crippen molar-refractivity contribution in [3.8, 4) is 11.4 Å². The highest BCUT2D eigenvalue weighted by Crippen LogP contribution is 2.47. The second-order valence-electron chi connectivity index (χ2n) is 10.1. The van der Waals surface area contributed by atoms with E-state index in [-0.39, 0.29) is 16.9 Å². The van der Waals surface area contributed by atoms with Gasteiger partial charge in [0.2, 0.25) is 0 Å². The van der Waals surface area contributed by atoms with Crippen LogP contribution in [0.3, 0.4) is 0 Å². The molecule has 7 nitrogen and oxygen atoms in total. The predicted octanol–water partition coefficient (Wildman–Crippen LogP) is 5.13. The van der Waals surface area contributed by atoms with E-state index in [1.807, 2.05) is 13.1 Å². The van der Waals surface area contributed by atoms with Gasteiger partial charge < -0.3 is 14.6 Å². The first-order chi connectivity index (χ1) is 16.3. The van der Waals surface area contributed by atoms with Crippen molar-refractivity contribution in [3.63, 3.8) is 0 Å². The molecule has 0 spiro atoms. The van der Waals surface area contributed by atoms with Gasteiger partial charge in [0.15, 0.2) is 22.4 Å². The molecule has 0 radical (unpaired) electrons. The highest BCUT2D eigenvalue weighted by atomic mass is 32.1. The highest BCUT2D eigenvalue weighted by molar-refractivity contribution is 7.21. The molecule has 0 aromatic carbocycles. The van der Waals surface area contributed by atoms with Gasteiger partial charge in [-0.1, -0.05) is 25.2 Å². The Morgan fingerprint density at radius 2 is 1.88 bits per heavy atom. The number of thiazole rings is 1. The van der Waals surface area contributed by atoms with Gasteiger partial charge in [0.25, 0.3) is 0 Å². The third-order valence-electron chi connectivity index (χ3n) is 8.09. The maximum absolute atomic E-state index is 14.6. The van der Waals surface area contributed by atoms with Crippen LogP contribution in [-0.4, -0.2) is 48.5 Å². The van der Waals surface area contributed by atoms with Crippen molar-refractivity contribution in [1.82, 2.24) is 29.7 Å². The maximum atomic E-state index is 14.6. The second-order valence-corrected chi connectivity index (χ2v) is 11.1. The van der Waals surface area contributed by atoms with E-state index in [1.54, 1.807) is 28.1 Å². The zero-order valence-corrected chi connectivity index (χ0v) is 20.9. The summed E-state index contributed by atoms with van der Waals surface area (Å²) in [7, 11) is 2.17. The summed E-state index contributed by atoms with van der Waals surface area (Å²) in [4.78, 5) is 21.5. The number of hydrogen-bond acceptors (Lipinski definition) is 7. The third kappa shape index (κ3) is 3.40. The summed E-state index contributed by atoms with van der Waals surface area (Å²) in [6.45, 7) is 6.46. The number of nitrogens with one attached hydrogen (secondary N) is 1. The van der Waals surface area contributed by atoms with E-state index >= 15 is 0 Å². The molecule has 4 aromatic rings. The van der Waals surface area contributed by atoms with Crippen molar-refractivity contribution in [2.75, 3.05) is 11.9 Å². The number of fused-ring (bicyclic) bond motifs is 4. The number of piperidine rings is 1. The maximum Gasteiger partial charge on any atom is 0.187 e. The number of hydrogen-bond donors (Lipinski definition) is 1. The molecule has 3 atom stereocenters. The van der Waals surface area contributed by atoms with Crippen LogP contribution in [0.2, 0.25) is 0 Å². The third-order valence-corrected chi connectivity index (χ3v) is 9.15. The number of nitrogens with zero attached hydrogens (tertiary/aromatic N) is 6. The van der Waals surface area contributed by atoms with Crippen LogP contribution >= 0.6 is 11.3 Å². The Morgan fingerprint density at radius 1 is 1.15 bits per heavy atom. The summed E-state index contributed by atoms with van der Waals surface area (Å²) < 4.78 is 16.3. The zero-order valence-electron chi connectivity index (χ0n) is 20.1. The van der Waals surface area contributed by atoms with Gasteiger partial charge in [0.05, 0.1) is 11.9 Å². The van der Waals surface area contributed by atoms with Crippen LogP contribution in [0.5, 0.6) is 0 Å². The van der Waals surface area contributed by atoms with Crippen molar-refractivity contribution in [1.29, 1.82) is 0 Å². The molecule has 0 amide bonds. The topological polar surface area (TPSA) is 71.2 Å². The lowest BCUT2D eigenvalue weighted by molar-refractivity contribution is 0.172. The Labute approximate surface area is 202 Å². The van der Waals surface area contributed by atoms with Gasteiger partial charge in [-0.2, -0.15) is 0 Å². The van der Waals surface area contributed by atoms with E-state index in [1.165, 1.54) is 18.9 Å². The van der Waals surface area contributed by atoms with Crippen molar-refractivity contribution >= 4 is 32.5 Å². The summed E-state index contributed by atoms with van der Waals surface area (Å²) in [5, 5.41) is 4.99. The lowest BCUT2D eigenvalue weighted by Crippen LogP contribution is -2.60. The molecule has 178 valence electrons. The number of halogens is 1. The smallest absolute Gasteiger partial charge is 0.187 e. The number of pyridine rings is 1. The van der Waals surface area contributed by atoms with Crippen LogP contribution in [0.4, 0.5) is 9.52 Å². The first-order valence-electron chi connectivity index (χ1n) is 12.1. The molecule has 2 bridgehead atoms. The standard InChI is InChI=1S/C25H30FN7S/c1-5-24-7-8-25(6-2,31-24)11-17(10-24)32(4)23-29-19-12-27-20(30-22(19)34-23)16-9-18(26)21-28-15(3)13-33(21)14-16/h9,12-14,17,31H,5-8,10-11H2,1-4H3/t17-,24-,25+. The van der Waals surface area contributed by atoms with E-state index in [9.17, 15) is 4.39 Å². The zero-order chi connectivity index (χ0) is 23.7. The summed E-state index contributed by atoms with van der Waals surface area (Å²) in [6.07, 6.45) is 12.5. The molecule has 2 aliphatic heterocycles. The van der Waals surface area contributed by atoms with Gasteiger partial charge in [-0.15, -0.1) is 0 Å². The number of aromatic nitrogens is 5. The van der Waals surface area contributed by atoms with Gasteiger partial charge >= 0.3 is 0 Å². The summed E-state index contributed by atoms with van der Waals surface area (Å²) in [5.41, 5.74) is 2.97. The molecular weight excluding hydrogens is 449 g/mol. The SMILES string of the molecule is CC[C@]12CC[C@](CC)(C[C@@H](N(C)c3nc4cnc(-c5cc(F)c6nc(C)cn6c5)nc4s3)C1)N2. The number of imidazole rings is 1. The summed E-state index contributed by atoms with van der Waals surface area (Å²) in [6, 6.07) is 1.90. The fraction of sp³-hybridized carbons (Fsp3) is 0.520. The van der Waals surface area contributed by atoms with Gasteiger partial charge in [0.1, 0.15) is 10.3 Å².